The molecular weight excluding hydrogens is 344 g/mol. The van der Waals surface area contributed by atoms with Crippen molar-refractivity contribution in [3.05, 3.63) is 89.0 Å². The molecule has 0 radical (unpaired) electrons. The Kier molecular flexibility index (Phi) is 7.13. The Morgan fingerprint density at radius 1 is 0.679 bits per heavy atom. The van der Waals surface area contributed by atoms with E-state index >= 15 is 0 Å². The summed E-state index contributed by atoms with van der Waals surface area (Å²) in [6, 6.07) is 22.9. The van der Waals surface area contributed by atoms with Crippen LogP contribution in [-0.2, 0) is 19.4 Å². The molecule has 2 heteroatoms. The van der Waals surface area contributed by atoms with E-state index in [1.807, 2.05) is 18.2 Å². The maximum Gasteiger partial charge on any atom is 0.130 e. The van der Waals surface area contributed by atoms with E-state index in [4.69, 9.17) is 9.47 Å². The molecule has 0 N–H and O–H groups in total. The lowest BCUT2D eigenvalue weighted by Crippen LogP contribution is -2.00. The lowest BCUT2D eigenvalue weighted by atomic mass is 10.1. The van der Waals surface area contributed by atoms with Gasteiger partial charge in [-0.15, -0.1) is 0 Å². The highest BCUT2D eigenvalue weighted by molar-refractivity contribution is 5.43. The molecule has 0 unspecified atom stereocenters. The zero-order valence-corrected chi connectivity index (χ0v) is 17.2. The fourth-order valence-corrected chi connectivity index (χ4v) is 3.40. The van der Waals surface area contributed by atoms with Crippen LogP contribution in [0.3, 0.4) is 0 Å². The second-order valence-corrected chi connectivity index (χ2v) is 7.21. The van der Waals surface area contributed by atoms with E-state index in [1.165, 1.54) is 11.1 Å². The van der Waals surface area contributed by atoms with Crippen LogP contribution in [0.5, 0.6) is 17.2 Å². The Hall–Kier alpha value is -2.74. The summed E-state index contributed by atoms with van der Waals surface area (Å²) in [5.74, 6) is 2.83. The first kappa shape index (κ1) is 20.0. The average molecular weight is 375 g/mol. The van der Waals surface area contributed by atoms with Gasteiger partial charge in [-0.05, 0) is 66.3 Å². The molecule has 2 nitrogen and oxygen atoms in total. The van der Waals surface area contributed by atoms with Gasteiger partial charge in [-0.25, -0.2) is 0 Å². The molecule has 146 valence electrons. The van der Waals surface area contributed by atoms with Crippen LogP contribution < -0.4 is 9.47 Å². The Balaban J connectivity index is 1.70. The Morgan fingerprint density at radius 2 is 1.29 bits per heavy atom. The smallest absolute Gasteiger partial charge is 0.130 e. The lowest BCUT2D eigenvalue weighted by molar-refractivity contribution is 0.302. The van der Waals surface area contributed by atoms with Gasteiger partial charge in [0, 0.05) is 0 Å². The van der Waals surface area contributed by atoms with Crippen LogP contribution in [0.1, 0.15) is 48.9 Å². The van der Waals surface area contributed by atoms with Crippen molar-refractivity contribution >= 4 is 0 Å². The van der Waals surface area contributed by atoms with E-state index in [0.29, 0.717) is 6.61 Å². The minimum Gasteiger partial charge on any atom is -0.489 e. The monoisotopic (exact) mass is 374 g/mol. The van der Waals surface area contributed by atoms with Gasteiger partial charge in [0.25, 0.3) is 0 Å². The van der Waals surface area contributed by atoms with Gasteiger partial charge in [-0.3, -0.25) is 0 Å². The van der Waals surface area contributed by atoms with Gasteiger partial charge in [0.05, 0.1) is 0 Å². The maximum absolute atomic E-state index is 6.22. The van der Waals surface area contributed by atoms with Gasteiger partial charge in [0.2, 0.25) is 0 Å². The highest BCUT2D eigenvalue weighted by Gasteiger charge is 2.08. The van der Waals surface area contributed by atoms with Crippen molar-refractivity contribution in [3.8, 4) is 17.2 Å². The molecule has 0 bridgehead atoms. The number of aryl methyl sites for hydroxylation is 3. The summed E-state index contributed by atoms with van der Waals surface area (Å²) in [6.45, 7) is 7.04. The summed E-state index contributed by atoms with van der Waals surface area (Å²) in [5, 5.41) is 0. The third-order valence-corrected chi connectivity index (χ3v) is 4.84. The van der Waals surface area contributed by atoms with Crippen molar-refractivity contribution in [2.24, 2.45) is 0 Å². The molecule has 3 aromatic rings. The lowest BCUT2D eigenvalue weighted by Gasteiger charge is -2.14. The number of benzene rings is 3. The molecule has 0 aliphatic carbocycles. The Bertz CT molecular complexity index is 898. The van der Waals surface area contributed by atoms with Crippen molar-refractivity contribution in [1.82, 2.24) is 0 Å². The topological polar surface area (TPSA) is 18.5 Å². The van der Waals surface area contributed by atoms with Gasteiger partial charge in [0.1, 0.15) is 23.9 Å². The zero-order valence-electron chi connectivity index (χ0n) is 17.2. The van der Waals surface area contributed by atoms with E-state index in [9.17, 15) is 0 Å². The molecule has 3 rings (SSSR count). The largest absolute Gasteiger partial charge is 0.489 e. The molecule has 0 spiro atoms. The van der Waals surface area contributed by atoms with Crippen molar-refractivity contribution in [2.75, 3.05) is 0 Å². The molecule has 0 aliphatic rings. The molecule has 0 saturated carbocycles. The minimum absolute atomic E-state index is 0.564. The summed E-state index contributed by atoms with van der Waals surface area (Å²) in [6.07, 6.45) is 4.29. The van der Waals surface area contributed by atoms with Crippen LogP contribution in [0, 0.1) is 6.92 Å². The summed E-state index contributed by atoms with van der Waals surface area (Å²) in [7, 11) is 0. The maximum atomic E-state index is 6.22. The average Bonchev–Trinajstić information content (AvgIpc) is 2.71. The van der Waals surface area contributed by atoms with Crippen LogP contribution in [0.25, 0.3) is 0 Å². The fraction of sp³-hybridized carbons (Fsp3) is 0.308. The van der Waals surface area contributed by atoms with Crippen LogP contribution in [0.4, 0.5) is 0 Å². The van der Waals surface area contributed by atoms with Crippen molar-refractivity contribution in [3.63, 3.8) is 0 Å². The van der Waals surface area contributed by atoms with Crippen LogP contribution >= 0.6 is 0 Å². The molecule has 0 saturated heterocycles. The van der Waals surface area contributed by atoms with Gasteiger partial charge in [-0.1, -0.05) is 69.2 Å². The first-order valence-corrected chi connectivity index (χ1v) is 10.3. The van der Waals surface area contributed by atoms with E-state index in [0.717, 1.165) is 54.1 Å². The summed E-state index contributed by atoms with van der Waals surface area (Å²) in [4.78, 5) is 0. The number of rotatable bonds is 9. The van der Waals surface area contributed by atoms with Gasteiger partial charge >= 0.3 is 0 Å². The van der Waals surface area contributed by atoms with Gasteiger partial charge in [-0.2, -0.15) is 0 Å². The normalized spacial score (nSPS) is 10.7. The van der Waals surface area contributed by atoms with E-state index < -0.39 is 0 Å². The highest BCUT2D eigenvalue weighted by atomic mass is 16.5. The van der Waals surface area contributed by atoms with Crippen molar-refractivity contribution in [1.29, 1.82) is 0 Å². The minimum atomic E-state index is 0.564. The van der Waals surface area contributed by atoms with Gasteiger partial charge < -0.3 is 9.47 Å². The predicted octanol–water partition coefficient (Wildman–Crippen LogP) is 7.27. The molecule has 28 heavy (non-hydrogen) atoms. The first-order valence-electron chi connectivity index (χ1n) is 10.3. The van der Waals surface area contributed by atoms with Crippen LogP contribution in [0.15, 0.2) is 66.7 Å². The Labute approximate surface area is 169 Å². The quantitative estimate of drug-likeness (QED) is 0.392. The second-order valence-electron chi connectivity index (χ2n) is 7.21. The molecule has 0 fully saturated rings. The summed E-state index contributed by atoms with van der Waals surface area (Å²) in [5.41, 5.74) is 4.80. The number of ether oxygens (including phenoxy) is 2. The molecule has 0 aromatic heterocycles. The molecule has 0 amide bonds. The number of para-hydroxylation sites is 2. The summed E-state index contributed by atoms with van der Waals surface area (Å²) < 4.78 is 12.3. The van der Waals surface area contributed by atoms with Crippen LogP contribution in [-0.4, -0.2) is 0 Å². The highest BCUT2D eigenvalue weighted by Crippen LogP contribution is 2.29. The van der Waals surface area contributed by atoms with E-state index in [-0.39, 0.29) is 0 Å². The second kappa shape index (κ2) is 9.98. The predicted molar refractivity (Wildman–Crippen MR) is 116 cm³/mol. The number of hydrogen-bond donors (Lipinski definition) is 0. The van der Waals surface area contributed by atoms with E-state index in [1.54, 1.807) is 0 Å². The van der Waals surface area contributed by atoms with Crippen LogP contribution in [0.2, 0.25) is 0 Å². The molecule has 0 heterocycles. The van der Waals surface area contributed by atoms with Crippen molar-refractivity contribution in [2.45, 2.75) is 53.1 Å². The third-order valence-electron chi connectivity index (χ3n) is 4.84. The zero-order chi connectivity index (χ0) is 19.8. The first-order chi connectivity index (χ1) is 13.7. The van der Waals surface area contributed by atoms with Gasteiger partial charge in [0.15, 0.2) is 0 Å². The Morgan fingerprint density at radius 3 is 1.93 bits per heavy atom. The molecule has 0 atom stereocenters. The molecular formula is C26H30O2. The SMILES string of the molecule is CCCc1ccccc1OCc1ccc(Oc2ccccc2CCC)c(C)c1. The number of hydrogen-bond acceptors (Lipinski definition) is 2. The summed E-state index contributed by atoms with van der Waals surface area (Å²) >= 11 is 0. The van der Waals surface area contributed by atoms with Crippen molar-refractivity contribution < 1.29 is 9.47 Å². The van der Waals surface area contributed by atoms with E-state index in [2.05, 4.69) is 69.3 Å². The molecule has 3 aromatic carbocycles. The fourth-order valence-electron chi connectivity index (χ4n) is 3.40. The molecule has 0 aliphatic heterocycles. The third kappa shape index (κ3) is 5.16. The standard InChI is InChI=1S/C26H30O2/c1-4-10-22-12-6-8-14-25(22)27-19-21-16-17-24(20(3)18-21)28-26-15-9-7-13-23(26)11-5-2/h6-9,12-18H,4-5,10-11,19H2,1-3H3.